The lowest BCUT2D eigenvalue weighted by Crippen LogP contribution is -2.07. The molecule has 6 nitrogen and oxygen atoms in total. The third-order valence-corrected chi connectivity index (χ3v) is 3.50. The van der Waals surface area contributed by atoms with E-state index in [1.807, 2.05) is 16.8 Å². The Bertz CT molecular complexity index is 740. The largest absolute Gasteiger partial charge is 0.382 e. The molecule has 0 aliphatic carbocycles. The Kier molecular flexibility index (Phi) is 4.01. The minimum Gasteiger partial charge on any atom is -0.382 e. The van der Waals surface area contributed by atoms with Crippen molar-refractivity contribution < 1.29 is 0 Å². The van der Waals surface area contributed by atoms with Crippen molar-refractivity contribution in [2.24, 2.45) is 0 Å². The summed E-state index contributed by atoms with van der Waals surface area (Å²) in [5.74, 6) is 1.95. The van der Waals surface area contributed by atoms with Gasteiger partial charge in [-0.2, -0.15) is 0 Å². The molecule has 0 atom stereocenters. The molecule has 0 fully saturated rings. The molecule has 0 saturated heterocycles. The SMILES string of the molecule is Nc1ncnc2c1nc(CCc1cccnc1)n2CC[S]. The van der Waals surface area contributed by atoms with Gasteiger partial charge in [0.2, 0.25) is 0 Å². The Hall–Kier alpha value is -2.15. The number of nitrogens with zero attached hydrogens (tertiary/aromatic N) is 5. The van der Waals surface area contributed by atoms with Gasteiger partial charge in [-0.25, -0.2) is 15.0 Å². The number of pyridine rings is 1. The molecule has 3 aromatic heterocycles. The van der Waals surface area contributed by atoms with Gasteiger partial charge < -0.3 is 10.3 Å². The summed E-state index contributed by atoms with van der Waals surface area (Å²) < 4.78 is 2.04. The maximum Gasteiger partial charge on any atom is 0.165 e. The molecule has 0 aliphatic heterocycles. The fourth-order valence-corrected chi connectivity index (χ4v) is 2.50. The van der Waals surface area contributed by atoms with Gasteiger partial charge in [0.1, 0.15) is 12.2 Å². The molecule has 21 heavy (non-hydrogen) atoms. The van der Waals surface area contributed by atoms with Crippen LogP contribution in [-0.2, 0) is 19.4 Å². The minimum absolute atomic E-state index is 0.408. The monoisotopic (exact) mass is 299 g/mol. The van der Waals surface area contributed by atoms with Crippen molar-refractivity contribution in [2.75, 3.05) is 11.5 Å². The summed E-state index contributed by atoms with van der Waals surface area (Å²) in [5, 5.41) is 0. The van der Waals surface area contributed by atoms with E-state index in [1.54, 1.807) is 6.20 Å². The molecule has 107 valence electrons. The van der Waals surface area contributed by atoms with E-state index in [1.165, 1.54) is 11.9 Å². The second-order valence-electron chi connectivity index (χ2n) is 4.68. The number of aromatic nitrogens is 5. The van der Waals surface area contributed by atoms with Gasteiger partial charge >= 0.3 is 0 Å². The first-order chi connectivity index (χ1) is 10.3. The highest BCUT2D eigenvalue weighted by Gasteiger charge is 2.14. The van der Waals surface area contributed by atoms with Gasteiger partial charge in [0.15, 0.2) is 17.0 Å². The lowest BCUT2D eigenvalue weighted by Gasteiger charge is -2.06. The molecule has 0 saturated carbocycles. The summed E-state index contributed by atoms with van der Waals surface area (Å²) in [7, 11) is 0. The molecule has 0 unspecified atom stereocenters. The first kappa shape index (κ1) is 13.8. The number of hydrogen-bond acceptors (Lipinski definition) is 5. The summed E-state index contributed by atoms with van der Waals surface area (Å²) in [6.07, 6.45) is 6.75. The third-order valence-electron chi connectivity index (χ3n) is 3.31. The number of hydrogen-bond donors (Lipinski definition) is 1. The van der Waals surface area contributed by atoms with E-state index in [-0.39, 0.29) is 0 Å². The Morgan fingerprint density at radius 1 is 1.24 bits per heavy atom. The van der Waals surface area contributed by atoms with Gasteiger partial charge in [0.05, 0.1) is 0 Å². The number of nitrogen functional groups attached to an aromatic ring is 1. The fraction of sp³-hybridized carbons (Fsp3) is 0.286. The van der Waals surface area contributed by atoms with Crippen molar-refractivity contribution in [1.82, 2.24) is 24.5 Å². The Labute approximate surface area is 127 Å². The van der Waals surface area contributed by atoms with Crippen molar-refractivity contribution in [3.05, 3.63) is 42.2 Å². The standard InChI is InChI=1S/C14H15N6S/c15-13-12-14(18-9-17-13)20(6-7-21)11(19-12)4-3-10-2-1-5-16-8-10/h1-2,5,8-9H,3-4,6-7H2,(H2,15,17,18). The Morgan fingerprint density at radius 2 is 2.14 bits per heavy atom. The average molecular weight is 299 g/mol. The van der Waals surface area contributed by atoms with Crippen LogP contribution in [0.15, 0.2) is 30.9 Å². The molecule has 7 heteroatoms. The molecule has 3 rings (SSSR count). The van der Waals surface area contributed by atoms with E-state index in [0.29, 0.717) is 23.6 Å². The van der Waals surface area contributed by atoms with E-state index in [9.17, 15) is 0 Å². The van der Waals surface area contributed by atoms with Crippen LogP contribution in [0.5, 0.6) is 0 Å². The maximum absolute atomic E-state index is 5.88. The number of imidazole rings is 1. The number of fused-ring (bicyclic) bond motifs is 1. The van der Waals surface area contributed by atoms with E-state index in [0.717, 1.165) is 24.3 Å². The molecule has 0 bridgehead atoms. The van der Waals surface area contributed by atoms with Crippen molar-refractivity contribution in [2.45, 2.75) is 19.4 Å². The van der Waals surface area contributed by atoms with Crippen LogP contribution in [0, 0.1) is 0 Å². The predicted molar refractivity (Wildman–Crippen MR) is 83.8 cm³/mol. The molecular formula is C14H15N6S. The molecule has 0 aliphatic rings. The quantitative estimate of drug-likeness (QED) is 0.776. The molecule has 3 aromatic rings. The lowest BCUT2D eigenvalue weighted by molar-refractivity contribution is 0.707. The summed E-state index contributed by atoms with van der Waals surface area (Å²) in [5.41, 5.74) is 8.47. The van der Waals surface area contributed by atoms with Crippen molar-refractivity contribution in [1.29, 1.82) is 0 Å². The number of anilines is 1. The van der Waals surface area contributed by atoms with Crippen LogP contribution in [0.1, 0.15) is 11.4 Å². The van der Waals surface area contributed by atoms with Gasteiger partial charge in [0.25, 0.3) is 0 Å². The molecule has 0 amide bonds. The van der Waals surface area contributed by atoms with Crippen molar-refractivity contribution in [3.63, 3.8) is 0 Å². The average Bonchev–Trinajstić information content (AvgIpc) is 2.86. The first-order valence-corrected chi connectivity index (χ1v) is 7.30. The van der Waals surface area contributed by atoms with Gasteiger partial charge in [-0.3, -0.25) is 4.98 Å². The molecule has 3 heterocycles. The van der Waals surface area contributed by atoms with Crippen LogP contribution in [-0.4, -0.2) is 30.3 Å². The zero-order valence-electron chi connectivity index (χ0n) is 11.4. The summed E-state index contributed by atoms with van der Waals surface area (Å²) >= 11 is 5.10. The van der Waals surface area contributed by atoms with Crippen LogP contribution in [0.4, 0.5) is 5.82 Å². The van der Waals surface area contributed by atoms with Crippen LogP contribution in [0.2, 0.25) is 0 Å². The van der Waals surface area contributed by atoms with Crippen LogP contribution in [0.25, 0.3) is 11.2 Å². The van der Waals surface area contributed by atoms with Gasteiger partial charge in [-0.15, -0.1) is 0 Å². The fourth-order valence-electron chi connectivity index (χ4n) is 2.32. The van der Waals surface area contributed by atoms with Crippen LogP contribution < -0.4 is 5.73 Å². The summed E-state index contributed by atoms with van der Waals surface area (Å²) in [6.45, 7) is 0.699. The smallest absolute Gasteiger partial charge is 0.165 e. The maximum atomic E-state index is 5.88. The van der Waals surface area contributed by atoms with E-state index < -0.39 is 0 Å². The summed E-state index contributed by atoms with van der Waals surface area (Å²) in [4.78, 5) is 17.0. The first-order valence-electron chi connectivity index (χ1n) is 6.72. The van der Waals surface area contributed by atoms with Gasteiger partial charge in [-0.1, -0.05) is 18.7 Å². The third kappa shape index (κ3) is 2.82. The Balaban J connectivity index is 1.93. The second kappa shape index (κ2) is 6.09. The lowest BCUT2D eigenvalue weighted by atomic mass is 10.1. The van der Waals surface area contributed by atoms with E-state index >= 15 is 0 Å². The Morgan fingerprint density at radius 3 is 2.90 bits per heavy atom. The van der Waals surface area contributed by atoms with Crippen molar-refractivity contribution >= 4 is 29.6 Å². The van der Waals surface area contributed by atoms with Gasteiger partial charge in [0, 0.05) is 31.1 Å². The van der Waals surface area contributed by atoms with Crippen LogP contribution in [0.3, 0.4) is 0 Å². The van der Waals surface area contributed by atoms with E-state index in [4.69, 9.17) is 18.4 Å². The second-order valence-corrected chi connectivity index (χ2v) is 5.08. The highest BCUT2D eigenvalue weighted by atomic mass is 32.1. The number of rotatable bonds is 5. The molecule has 2 N–H and O–H groups in total. The molecule has 1 radical (unpaired) electrons. The normalized spacial score (nSPS) is 11.1. The topological polar surface area (TPSA) is 82.5 Å². The number of aryl methyl sites for hydroxylation is 3. The summed E-state index contributed by atoms with van der Waals surface area (Å²) in [6, 6.07) is 3.99. The van der Waals surface area contributed by atoms with Gasteiger partial charge in [-0.05, 0) is 18.1 Å². The zero-order valence-corrected chi connectivity index (χ0v) is 12.3. The highest BCUT2D eigenvalue weighted by Crippen LogP contribution is 2.19. The molecular weight excluding hydrogens is 284 g/mol. The highest BCUT2D eigenvalue weighted by molar-refractivity contribution is 7.80. The predicted octanol–water partition coefficient (Wildman–Crippen LogP) is 1.79. The molecule has 0 spiro atoms. The number of nitrogens with two attached hydrogens (primary N) is 1. The zero-order chi connectivity index (χ0) is 14.7. The van der Waals surface area contributed by atoms with Crippen molar-refractivity contribution in [3.8, 4) is 0 Å². The van der Waals surface area contributed by atoms with E-state index in [2.05, 4.69) is 26.0 Å². The van der Waals surface area contributed by atoms with Crippen LogP contribution >= 0.6 is 12.6 Å². The molecule has 0 aromatic carbocycles. The minimum atomic E-state index is 0.408.